The van der Waals surface area contributed by atoms with E-state index in [1.54, 1.807) is 17.4 Å². The second kappa shape index (κ2) is 7.29. The molecule has 2 aromatic rings. The van der Waals surface area contributed by atoms with Crippen LogP contribution in [-0.4, -0.2) is 29.6 Å². The van der Waals surface area contributed by atoms with Crippen LogP contribution in [0, 0.1) is 0 Å². The van der Waals surface area contributed by atoms with Crippen molar-refractivity contribution >= 4 is 46.4 Å². The summed E-state index contributed by atoms with van der Waals surface area (Å²) in [6.45, 7) is 1.70. The number of carbonyl (C=O) groups is 1. The van der Waals surface area contributed by atoms with Gasteiger partial charge in [0.25, 0.3) is 0 Å². The van der Waals surface area contributed by atoms with E-state index in [0.29, 0.717) is 5.25 Å². The molecular formula is C16H17NOS3. The standard InChI is InChI=1S/C16H17NOS3/c18-16(6-5-13-3-1-10-19-13)17-8-7-15(21-12-9-17)14-4-2-11-20-14/h1-6,10-11,15H,7-9,12H2. The second-order valence-electron chi connectivity index (χ2n) is 4.84. The summed E-state index contributed by atoms with van der Waals surface area (Å²) in [5.41, 5.74) is 0. The van der Waals surface area contributed by atoms with Gasteiger partial charge in [-0.15, -0.1) is 22.7 Å². The van der Waals surface area contributed by atoms with E-state index in [9.17, 15) is 4.79 Å². The van der Waals surface area contributed by atoms with Gasteiger partial charge in [0.1, 0.15) is 0 Å². The van der Waals surface area contributed by atoms with Gasteiger partial charge in [0, 0.05) is 39.9 Å². The van der Waals surface area contributed by atoms with E-state index in [-0.39, 0.29) is 5.91 Å². The van der Waals surface area contributed by atoms with Gasteiger partial charge in [-0.25, -0.2) is 0 Å². The Labute approximate surface area is 137 Å². The first-order valence-electron chi connectivity index (χ1n) is 6.98. The predicted octanol–water partition coefficient (Wildman–Crippen LogP) is 4.53. The molecular weight excluding hydrogens is 318 g/mol. The largest absolute Gasteiger partial charge is 0.338 e. The minimum absolute atomic E-state index is 0.135. The lowest BCUT2D eigenvalue weighted by molar-refractivity contribution is -0.125. The highest BCUT2D eigenvalue weighted by atomic mass is 32.2. The van der Waals surface area contributed by atoms with Crippen LogP contribution in [0.15, 0.2) is 41.1 Å². The summed E-state index contributed by atoms with van der Waals surface area (Å²) < 4.78 is 0. The molecule has 2 nitrogen and oxygen atoms in total. The monoisotopic (exact) mass is 335 g/mol. The van der Waals surface area contributed by atoms with Crippen LogP contribution in [0.3, 0.4) is 0 Å². The zero-order valence-corrected chi connectivity index (χ0v) is 14.1. The van der Waals surface area contributed by atoms with Crippen molar-refractivity contribution in [2.24, 2.45) is 0 Å². The Bertz CT molecular complexity index is 589. The fourth-order valence-electron chi connectivity index (χ4n) is 2.34. The number of thiophene rings is 2. The third-order valence-corrected chi connectivity index (χ3v) is 6.73. The molecule has 5 heteroatoms. The molecule has 1 saturated heterocycles. The van der Waals surface area contributed by atoms with Crippen molar-refractivity contribution in [2.45, 2.75) is 11.7 Å². The normalized spacial score (nSPS) is 19.8. The Morgan fingerprint density at radius 2 is 2.05 bits per heavy atom. The molecule has 1 fully saturated rings. The number of thioether (sulfide) groups is 1. The van der Waals surface area contributed by atoms with Crippen molar-refractivity contribution in [3.8, 4) is 0 Å². The van der Waals surface area contributed by atoms with Crippen molar-refractivity contribution in [1.29, 1.82) is 0 Å². The summed E-state index contributed by atoms with van der Waals surface area (Å²) in [7, 11) is 0. The van der Waals surface area contributed by atoms with Crippen molar-refractivity contribution < 1.29 is 4.79 Å². The fourth-order valence-corrected chi connectivity index (χ4v) is 5.19. The maximum Gasteiger partial charge on any atom is 0.246 e. The van der Waals surface area contributed by atoms with Gasteiger partial charge in [-0.05, 0) is 35.4 Å². The average Bonchev–Trinajstić information content (AvgIpc) is 3.15. The quantitative estimate of drug-likeness (QED) is 0.768. The van der Waals surface area contributed by atoms with Crippen LogP contribution in [0.4, 0.5) is 0 Å². The summed E-state index contributed by atoms with van der Waals surface area (Å²) >= 11 is 5.45. The van der Waals surface area contributed by atoms with E-state index in [2.05, 4.69) is 17.5 Å². The van der Waals surface area contributed by atoms with Crippen LogP contribution >= 0.6 is 34.4 Å². The molecule has 0 aliphatic carbocycles. The Kier molecular flexibility index (Phi) is 5.17. The van der Waals surface area contributed by atoms with Gasteiger partial charge in [-0.1, -0.05) is 12.1 Å². The maximum absolute atomic E-state index is 12.3. The lowest BCUT2D eigenvalue weighted by atomic mass is 10.2. The third-order valence-electron chi connectivity index (χ3n) is 3.45. The molecule has 0 aromatic carbocycles. The number of amides is 1. The zero-order valence-electron chi connectivity index (χ0n) is 11.6. The highest BCUT2D eigenvalue weighted by molar-refractivity contribution is 7.99. The summed E-state index contributed by atoms with van der Waals surface area (Å²) in [4.78, 5) is 16.8. The van der Waals surface area contributed by atoms with Gasteiger partial charge >= 0.3 is 0 Å². The van der Waals surface area contributed by atoms with Crippen molar-refractivity contribution in [3.05, 3.63) is 50.9 Å². The maximum atomic E-state index is 12.3. The van der Waals surface area contributed by atoms with Gasteiger partial charge in [0.15, 0.2) is 0 Å². The summed E-state index contributed by atoms with van der Waals surface area (Å²) in [6, 6.07) is 8.34. The fraction of sp³-hybridized carbons (Fsp3) is 0.312. The second-order valence-corrected chi connectivity index (χ2v) is 8.11. The Balaban J connectivity index is 1.58. The summed E-state index contributed by atoms with van der Waals surface area (Å²) in [6.07, 6.45) is 4.67. The van der Waals surface area contributed by atoms with E-state index in [4.69, 9.17) is 0 Å². The van der Waals surface area contributed by atoms with Gasteiger partial charge in [-0.2, -0.15) is 11.8 Å². The first-order valence-corrected chi connectivity index (χ1v) is 9.79. The first-order chi connectivity index (χ1) is 10.3. The van der Waals surface area contributed by atoms with Crippen LogP contribution in [0.1, 0.15) is 21.4 Å². The molecule has 0 radical (unpaired) electrons. The average molecular weight is 336 g/mol. The van der Waals surface area contributed by atoms with E-state index < -0.39 is 0 Å². The molecule has 3 heterocycles. The molecule has 1 atom stereocenters. The third kappa shape index (κ3) is 3.99. The lowest BCUT2D eigenvalue weighted by Gasteiger charge is -2.18. The molecule has 21 heavy (non-hydrogen) atoms. The molecule has 1 unspecified atom stereocenters. The Morgan fingerprint density at radius 1 is 1.19 bits per heavy atom. The van der Waals surface area contributed by atoms with Gasteiger partial charge in [0.05, 0.1) is 0 Å². The number of carbonyl (C=O) groups excluding carboxylic acids is 1. The SMILES string of the molecule is O=C(C=Cc1cccs1)N1CCSC(c2cccs2)CC1. The van der Waals surface area contributed by atoms with E-state index in [0.717, 1.165) is 30.1 Å². The summed E-state index contributed by atoms with van der Waals surface area (Å²) in [5, 5.41) is 4.70. The molecule has 0 saturated carbocycles. The molecule has 1 amide bonds. The summed E-state index contributed by atoms with van der Waals surface area (Å²) in [5.74, 6) is 1.15. The number of hydrogen-bond acceptors (Lipinski definition) is 4. The smallest absolute Gasteiger partial charge is 0.246 e. The highest BCUT2D eigenvalue weighted by Gasteiger charge is 2.21. The number of nitrogens with zero attached hydrogens (tertiary/aromatic N) is 1. The highest BCUT2D eigenvalue weighted by Crippen LogP contribution is 2.36. The molecule has 0 N–H and O–H groups in total. The topological polar surface area (TPSA) is 20.3 Å². The molecule has 3 rings (SSSR count). The lowest BCUT2D eigenvalue weighted by Crippen LogP contribution is -2.31. The van der Waals surface area contributed by atoms with Crippen LogP contribution in [-0.2, 0) is 4.79 Å². The molecule has 0 spiro atoms. The van der Waals surface area contributed by atoms with Gasteiger partial charge in [-0.3, -0.25) is 4.79 Å². The molecule has 0 bridgehead atoms. The molecule has 110 valence electrons. The Hall–Kier alpha value is -1.04. The first kappa shape index (κ1) is 14.9. The van der Waals surface area contributed by atoms with Crippen LogP contribution in [0.25, 0.3) is 6.08 Å². The van der Waals surface area contributed by atoms with Gasteiger partial charge < -0.3 is 4.90 Å². The van der Waals surface area contributed by atoms with Crippen LogP contribution in [0.5, 0.6) is 0 Å². The molecule has 2 aromatic heterocycles. The molecule has 1 aliphatic rings. The Morgan fingerprint density at radius 3 is 2.81 bits per heavy atom. The predicted molar refractivity (Wildman–Crippen MR) is 94.1 cm³/mol. The van der Waals surface area contributed by atoms with Crippen LogP contribution in [0.2, 0.25) is 0 Å². The minimum atomic E-state index is 0.135. The number of hydrogen-bond donors (Lipinski definition) is 0. The zero-order chi connectivity index (χ0) is 14.5. The van der Waals surface area contributed by atoms with Crippen molar-refractivity contribution in [1.82, 2.24) is 4.90 Å². The van der Waals surface area contributed by atoms with E-state index >= 15 is 0 Å². The minimum Gasteiger partial charge on any atom is -0.338 e. The molecule has 1 aliphatic heterocycles. The number of rotatable bonds is 3. The van der Waals surface area contributed by atoms with E-state index in [1.165, 1.54) is 4.88 Å². The van der Waals surface area contributed by atoms with Crippen molar-refractivity contribution in [2.75, 3.05) is 18.8 Å². The van der Waals surface area contributed by atoms with Crippen molar-refractivity contribution in [3.63, 3.8) is 0 Å². The van der Waals surface area contributed by atoms with Gasteiger partial charge in [0.2, 0.25) is 5.91 Å². The van der Waals surface area contributed by atoms with E-state index in [1.807, 2.05) is 51.6 Å². The van der Waals surface area contributed by atoms with Crippen LogP contribution < -0.4 is 0 Å².